The average Bonchev–Trinajstić information content (AvgIpc) is 4.13. The van der Waals surface area contributed by atoms with Crippen LogP contribution in [0.3, 0.4) is 0 Å². The molecular formula is C68H45N7. The summed E-state index contributed by atoms with van der Waals surface area (Å²) in [6.07, 6.45) is 8.84. The molecule has 0 radical (unpaired) electrons. The highest BCUT2D eigenvalue weighted by molar-refractivity contribution is 6.13. The number of pyridine rings is 1. The molecule has 7 heteroatoms. The van der Waals surface area contributed by atoms with Gasteiger partial charge in [-0.25, -0.2) is 15.0 Å². The highest BCUT2D eigenvalue weighted by atomic mass is 15.1. The molecule has 0 bridgehead atoms. The van der Waals surface area contributed by atoms with Gasteiger partial charge >= 0.3 is 0 Å². The number of nitrogens with zero attached hydrogens (tertiary/aromatic N) is 7. The Labute approximate surface area is 432 Å². The SMILES string of the molecule is C1=c2c(n(-c3ccccc3)c3ccc(-c4ccc5c(c4)c4cc(-c6ccc7c(c6)c6ccccc6n7-c6ccccc6)ccc4n5-c4ccc(-c5nc(-c6ccccc6)nc(-c6ccccc6)n5)nc4)cc23)=CCC1. The Balaban J connectivity index is 0.897. The van der Waals surface area contributed by atoms with Crippen LogP contribution in [-0.2, 0) is 0 Å². The first-order valence-corrected chi connectivity index (χ1v) is 25.6. The molecule has 0 aliphatic heterocycles. The number of para-hydroxylation sites is 3. The van der Waals surface area contributed by atoms with Gasteiger partial charge in [0, 0.05) is 60.0 Å². The maximum Gasteiger partial charge on any atom is 0.182 e. The van der Waals surface area contributed by atoms with Crippen LogP contribution in [0.2, 0.25) is 0 Å². The fourth-order valence-electron chi connectivity index (χ4n) is 11.5. The Morgan fingerprint density at radius 3 is 1.27 bits per heavy atom. The van der Waals surface area contributed by atoms with Gasteiger partial charge in [-0.2, -0.15) is 0 Å². The van der Waals surface area contributed by atoms with Gasteiger partial charge in [-0.3, -0.25) is 4.98 Å². The normalized spacial score (nSPS) is 12.4. The summed E-state index contributed by atoms with van der Waals surface area (Å²) in [5.74, 6) is 1.72. The van der Waals surface area contributed by atoms with Crippen LogP contribution in [0.25, 0.3) is 140 Å². The van der Waals surface area contributed by atoms with E-state index in [4.69, 9.17) is 19.9 Å². The summed E-state index contributed by atoms with van der Waals surface area (Å²) in [5, 5.41) is 8.64. The molecule has 352 valence electrons. The number of rotatable bonds is 8. The van der Waals surface area contributed by atoms with Crippen molar-refractivity contribution in [3.05, 3.63) is 247 Å². The Hall–Kier alpha value is -9.98. The van der Waals surface area contributed by atoms with Crippen molar-refractivity contribution in [3.8, 4) is 73.6 Å². The number of hydrogen-bond donors (Lipinski definition) is 0. The fourth-order valence-corrected chi connectivity index (χ4v) is 11.5. The van der Waals surface area contributed by atoms with E-state index in [2.05, 4.69) is 190 Å². The maximum absolute atomic E-state index is 5.10. The first-order chi connectivity index (χ1) is 37.2. The Kier molecular flexibility index (Phi) is 9.88. The summed E-state index contributed by atoms with van der Waals surface area (Å²) in [7, 11) is 0. The van der Waals surface area contributed by atoms with Crippen molar-refractivity contribution in [1.82, 2.24) is 33.6 Å². The molecule has 1 aliphatic rings. The molecule has 0 fully saturated rings. The van der Waals surface area contributed by atoms with E-state index in [1.807, 2.05) is 72.9 Å². The van der Waals surface area contributed by atoms with E-state index >= 15 is 0 Å². The van der Waals surface area contributed by atoms with E-state index < -0.39 is 0 Å². The minimum absolute atomic E-state index is 0.516. The van der Waals surface area contributed by atoms with Crippen molar-refractivity contribution in [2.45, 2.75) is 12.8 Å². The summed E-state index contributed by atoms with van der Waals surface area (Å²) in [4.78, 5) is 20.0. The van der Waals surface area contributed by atoms with E-state index in [0.29, 0.717) is 23.2 Å². The van der Waals surface area contributed by atoms with Crippen LogP contribution in [0.5, 0.6) is 0 Å². The zero-order valence-electron chi connectivity index (χ0n) is 40.7. The molecule has 9 aromatic carbocycles. The Bertz CT molecular complexity index is 4610. The third-order valence-electron chi connectivity index (χ3n) is 15.0. The molecule has 75 heavy (non-hydrogen) atoms. The van der Waals surface area contributed by atoms with Crippen LogP contribution < -0.4 is 10.6 Å². The Morgan fingerprint density at radius 2 is 0.720 bits per heavy atom. The van der Waals surface area contributed by atoms with E-state index in [1.54, 1.807) is 0 Å². The molecule has 0 atom stereocenters. The van der Waals surface area contributed by atoms with E-state index in [9.17, 15) is 0 Å². The van der Waals surface area contributed by atoms with E-state index in [0.717, 1.165) is 73.8 Å². The molecule has 5 aromatic heterocycles. The summed E-state index contributed by atoms with van der Waals surface area (Å²) in [5.41, 5.74) is 16.2. The van der Waals surface area contributed by atoms with Crippen molar-refractivity contribution in [2.75, 3.05) is 0 Å². The van der Waals surface area contributed by atoms with Gasteiger partial charge in [0.05, 0.1) is 39.5 Å². The predicted octanol–water partition coefficient (Wildman–Crippen LogP) is 15.1. The first kappa shape index (κ1) is 42.7. The van der Waals surface area contributed by atoms with E-state index in [-0.39, 0.29) is 0 Å². The lowest BCUT2D eigenvalue weighted by atomic mass is 9.98. The van der Waals surface area contributed by atoms with Gasteiger partial charge in [0.25, 0.3) is 0 Å². The second kappa shape index (κ2) is 17.4. The van der Waals surface area contributed by atoms with Crippen LogP contribution in [0.15, 0.2) is 237 Å². The van der Waals surface area contributed by atoms with Crippen LogP contribution in [-0.4, -0.2) is 33.6 Å². The molecule has 0 spiro atoms. The minimum Gasteiger partial charge on any atom is -0.310 e. The lowest BCUT2D eigenvalue weighted by Gasteiger charge is -2.11. The van der Waals surface area contributed by atoms with Crippen LogP contribution >= 0.6 is 0 Å². The molecule has 0 unspecified atom stereocenters. The number of fused-ring (bicyclic) bond motifs is 9. The van der Waals surface area contributed by atoms with Gasteiger partial charge < -0.3 is 13.7 Å². The second-order valence-corrected chi connectivity index (χ2v) is 19.3. The highest BCUT2D eigenvalue weighted by Gasteiger charge is 2.20. The number of hydrogen-bond acceptors (Lipinski definition) is 4. The van der Waals surface area contributed by atoms with Gasteiger partial charge in [-0.15, -0.1) is 0 Å². The van der Waals surface area contributed by atoms with Crippen LogP contribution in [0.4, 0.5) is 0 Å². The summed E-state index contributed by atoms with van der Waals surface area (Å²) in [6.45, 7) is 0. The molecule has 0 saturated carbocycles. The first-order valence-electron chi connectivity index (χ1n) is 25.6. The second-order valence-electron chi connectivity index (χ2n) is 19.3. The smallest absolute Gasteiger partial charge is 0.182 e. The third kappa shape index (κ3) is 7.12. The highest BCUT2D eigenvalue weighted by Crippen LogP contribution is 2.40. The molecule has 0 saturated heterocycles. The standard InChI is InChI=1S/C68H45N7/c1-5-17-44(18-6-1)66-70-67(45-19-7-2-8-20-45)72-68(71-66)59-34-33-52(43-69-59)75-64-37-31-48(46-29-35-62-55(39-46)53-25-13-15-27-60(53)73(62)50-21-9-3-10-22-50)41-57(64)58-42-49(32-38-65(58)75)47-30-36-63-56(40-47)54-26-14-16-28-61(54)74(63)51-23-11-4-12-24-51/h1-13,15,17-43H,14,16H2. The largest absolute Gasteiger partial charge is 0.310 e. The lowest BCUT2D eigenvalue weighted by molar-refractivity contribution is 1.02. The van der Waals surface area contributed by atoms with E-state index in [1.165, 1.54) is 54.5 Å². The fraction of sp³-hybridized carbons (Fsp3) is 0.0294. The molecule has 0 amide bonds. The molecular weight excluding hydrogens is 915 g/mol. The number of benzene rings is 9. The van der Waals surface area contributed by atoms with Crippen molar-refractivity contribution >= 4 is 66.7 Å². The van der Waals surface area contributed by atoms with Crippen molar-refractivity contribution in [1.29, 1.82) is 0 Å². The molecule has 5 heterocycles. The van der Waals surface area contributed by atoms with Gasteiger partial charge in [0.1, 0.15) is 5.69 Å². The van der Waals surface area contributed by atoms with Gasteiger partial charge in [0.2, 0.25) is 0 Å². The Morgan fingerprint density at radius 1 is 0.293 bits per heavy atom. The third-order valence-corrected chi connectivity index (χ3v) is 15.0. The average molecular weight is 960 g/mol. The summed E-state index contributed by atoms with van der Waals surface area (Å²) < 4.78 is 7.13. The van der Waals surface area contributed by atoms with Crippen molar-refractivity contribution < 1.29 is 0 Å². The van der Waals surface area contributed by atoms with Gasteiger partial charge in [-0.1, -0.05) is 152 Å². The number of aromatic nitrogens is 7. The van der Waals surface area contributed by atoms with Gasteiger partial charge in [0.15, 0.2) is 17.5 Å². The van der Waals surface area contributed by atoms with Crippen molar-refractivity contribution in [2.24, 2.45) is 0 Å². The molecule has 15 rings (SSSR count). The topological polar surface area (TPSA) is 66.3 Å². The van der Waals surface area contributed by atoms with Crippen molar-refractivity contribution in [3.63, 3.8) is 0 Å². The quantitative estimate of drug-likeness (QED) is 0.152. The zero-order chi connectivity index (χ0) is 49.4. The molecule has 14 aromatic rings. The molecule has 7 nitrogen and oxygen atoms in total. The van der Waals surface area contributed by atoms with Crippen LogP contribution in [0, 0.1) is 0 Å². The molecule has 0 N–H and O–H groups in total. The zero-order valence-corrected chi connectivity index (χ0v) is 40.7. The monoisotopic (exact) mass is 959 g/mol. The van der Waals surface area contributed by atoms with Crippen LogP contribution in [0.1, 0.15) is 12.8 Å². The minimum atomic E-state index is 0.516. The lowest BCUT2D eigenvalue weighted by Crippen LogP contribution is -2.30. The maximum atomic E-state index is 5.10. The summed E-state index contributed by atoms with van der Waals surface area (Å²) >= 11 is 0. The molecule has 1 aliphatic carbocycles. The van der Waals surface area contributed by atoms with Gasteiger partial charge in [-0.05, 0) is 126 Å². The predicted molar refractivity (Wildman–Crippen MR) is 308 cm³/mol. The summed E-state index contributed by atoms with van der Waals surface area (Å²) in [6, 6.07) is 82.1.